The van der Waals surface area contributed by atoms with Crippen molar-refractivity contribution in [2.45, 2.75) is 38.0 Å². The van der Waals surface area contributed by atoms with Gasteiger partial charge in [-0.2, -0.15) is 0 Å². The minimum absolute atomic E-state index is 0.0789. The molecule has 5 rings (SSSR count). The zero-order chi connectivity index (χ0) is 21.9. The second-order valence-corrected chi connectivity index (χ2v) is 8.62. The van der Waals surface area contributed by atoms with Gasteiger partial charge in [0.1, 0.15) is 17.5 Å². The van der Waals surface area contributed by atoms with Crippen LogP contribution in [0.3, 0.4) is 0 Å². The van der Waals surface area contributed by atoms with Crippen molar-refractivity contribution >= 4 is 17.4 Å². The van der Waals surface area contributed by atoms with Crippen LogP contribution in [-0.2, 0) is 4.79 Å². The van der Waals surface area contributed by atoms with E-state index in [1.807, 2.05) is 23.1 Å². The van der Waals surface area contributed by atoms with Crippen LogP contribution >= 0.6 is 0 Å². The van der Waals surface area contributed by atoms with Crippen molar-refractivity contribution in [2.75, 3.05) is 18.4 Å². The fraction of sp³-hybridized carbons (Fsp3) is 0.360. The average Bonchev–Trinajstić information content (AvgIpc) is 3.52. The topological polar surface area (TPSA) is 71.0 Å². The van der Waals surface area contributed by atoms with Gasteiger partial charge >= 0.3 is 0 Å². The summed E-state index contributed by atoms with van der Waals surface area (Å²) in [4.78, 5) is 28.6. The summed E-state index contributed by atoms with van der Waals surface area (Å²) in [7, 11) is 0. The molecule has 1 saturated heterocycles. The zero-order valence-corrected chi connectivity index (χ0v) is 17.9. The Labute approximate surface area is 186 Å². The maximum atomic E-state index is 13.7. The van der Waals surface area contributed by atoms with E-state index < -0.39 is 0 Å². The van der Waals surface area contributed by atoms with E-state index in [9.17, 15) is 9.18 Å². The maximum absolute atomic E-state index is 13.7. The summed E-state index contributed by atoms with van der Waals surface area (Å²) in [5.41, 5.74) is 2.33. The molecule has 6 nitrogen and oxygen atoms in total. The summed E-state index contributed by atoms with van der Waals surface area (Å²) in [6.07, 6.45) is 8.63. The number of likely N-dealkylation sites (tertiary alicyclic amines) is 1. The maximum Gasteiger partial charge on any atom is 0.225 e. The lowest BCUT2D eigenvalue weighted by Gasteiger charge is -2.20. The van der Waals surface area contributed by atoms with Crippen LogP contribution in [0.2, 0.25) is 0 Å². The molecular weight excluding hydrogens is 405 g/mol. The number of anilines is 2. The number of carbonyl (C=O) groups excluding carboxylic acids is 1. The van der Waals surface area contributed by atoms with Crippen molar-refractivity contribution in [2.24, 2.45) is 5.92 Å². The van der Waals surface area contributed by atoms with Gasteiger partial charge in [0.2, 0.25) is 5.91 Å². The van der Waals surface area contributed by atoms with Gasteiger partial charge in [0.15, 0.2) is 0 Å². The molecule has 32 heavy (non-hydrogen) atoms. The van der Waals surface area contributed by atoms with Crippen LogP contribution in [0.4, 0.5) is 15.9 Å². The van der Waals surface area contributed by atoms with Crippen molar-refractivity contribution in [3.63, 3.8) is 0 Å². The van der Waals surface area contributed by atoms with E-state index in [0.29, 0.717) is 23.9 Å². The lowest BCUT2D eigenvalue weighted by atomic mass is 10.1. The minimum atomic E-state index is -0.310. The molecule has 0 spiro atoms. The molecule has 164 valence electrons. The first-order valence-corrected chi connectivity index (χ1v) is 11.3. The molecule has 2 fully saturated rings. The molecule has 2 aromatic heterocycles. The number of nitrogens with one attached hydrogen (secondary N) is 1. The van der Waals surface area contributed by atoms with Crippen LogP contribution in [-0.4, -0.2) is 38.8 Å². The highest BCUT2D eigenvalue weighted by molar-refractivity contribution is 5.79. The van der Waals surface area contributed by atoms with Gasteiger partial charge in [0, 0.05) is 54.6 Å². The molecule has 2 aliphatic rings. The highest BCUT2D eigenvalue weighted by atomic mass is 19.1. The lowest BCUT2D eigenvalue weighted by Crippen LogP contribution is -2.33. The summed E-state index contributed by atoms with van der Waals surface area (Å²) in [6.45, 7) is 1.39. The summed E-state index contributed by atoms with van der Waals surface area (Å²) in [5, 5.41) is 3.21. The van der Waals surface area contributed by atoms with E-state index >= 15 is 0 Å². The summed E-state index contributed by atoms with van der Waals surface area (Å²) in [6, 6.07) is 12.0. The van der Waals surface area contributed by atoms with Gasteiger partial charge in [0.05, 0.1) is 5.69 Å². The molecule has 1 N–H and O–H groups in total. The van der Waals surface area contributed by atoms with Crippen molar-refractivity contribution in [3.8, 4) is 11.3 Å². The summed E-state index contributed by atoms with van der Waals surface area (Å²) in [5.74, 6) is 1.55. The molecular formula is C25H26FN5O. The number of pyridine rings is 1. The number of hydrogen-bond donors (Lipinski definition) is 1. The van der Waals surface area contributed by atoms with Crippen LogP contribution in [0.5, 0.6) is 0 Å². The monoisotopic (exact) mass is 431 g/mol. The van der Waals surface area contributed by atoms with Crippen molar-refractivity contribution in [1.29, 1.82) is 0 Å². The standard InChI is InChI=1S/C25H26FN5O/c26-20-6-3-7-21(14-20)28-23-15-22(17-8-11-27-12-9-17)29-24(30-23)19-10-13-31(16-19)25(32)18-4-1-2-5-18/h3,6-9,11-12,14-15,18-19H,1-2,4-5,10,13,16H2,(H,28,29,30). The van der Waals surface area contributed by atoms with Crippen LogP contribution in [0, 0.1) is 11.7 Å². The quantitative estimate of drug-likeness (QED) is 0.620. The summed E-state index contributed by atoms with van der Waals surface area (Å²) >= 11 is 0. The van der Waals surface area contributed by atoms with Gasteiger partial charge in [-0.15, -0.1) is 0 Å². The Balaban J connectivity index is 1.42. The highest BCUT2D eigenvalue weighted by Gasteiger charge is 2.34. The van der Waals surface area contributed by atoms with E-state index in [2.05, 4.69) is 10.3 Å². The van der Waals surface area contributed by atoms with Crippen molar-refractivity contribution in [3.05, 3.63) is 66.5 Å². The number of carbonyl (C=O) groups is 1. The van der Waals surface area contributed by atoms with Gasteiger partial charge < -0.3 is 10.2 Å². The highest BCUT2D eigenvalue weighted by Crippen LogP contribution is 2.33. The van der Waals surface area contributed by atoms with Gasteiger partial charge in [-0.05, 0) is 49.6 Å². The Morgan fingerprint density at radius 2 is 1.84 bits per heavy atom. The van der Waals surface area contributed by atoms with Crippen molar-refractivity contribution < 1.29 is 9.18 Å². The SMILES string of the molecule is O=C(C1CCCC1)N1CCC(c2nc(Nc3cccc(F)c3)cc(-c3ccncc3)n2)C1. The smallest absolute Gasteiger partial charge is 0.225 e. The molecule has 1 unspecified atom stereocenters. The van der Waals surface area contributed by atoms with E-state index in [0.717, 1.165) is 49.9 Å². The Hall–Kier alpha value is -3.35. The Morgan fingerprint density at radius 3 is 2.62 bits per heavy atom. The van der Waals surface area contributed by atoms with Gasteiger partial charge in [-0.1, -0.05) is 18.9 Å². The van der Waals surface area contributed by atoms with E-state index in [-0.39, 0.29) is 23.6 Å². The minimum Gasteiger partial charge on any atom is -0.342 e. The number of aromatic nitrogens is 3. The molecule has 3 heterocycles. The zero-order valence-electron chi connectivity index (χ0n) is 17.9. The Bertz CT molecular complexity index is 1100. The van der Waals surface area contributed by atoms with Gasteiger partial charge in [-0.25, -0.2) is 14.4 Å². The molecule has 3 aromatic rings. The second kappa shape index (κ2) is 9.02. The number of halogens is 1. The fourth-order valence-electron chi connectivity index (χ4n) is 4.70. The van der Waals surface area contributed by atoms with E-state index in [4.69, 9.17) is 9.97 Å². The van der Waals surface area contributed by atoms with Gasteiger partial charge in [-0.3, -0.25) is 9.78 Å². The molecule has 7 heteroatoms. The number of rotatable bonds is 5. The lowest BCUT2D eigenvalue weighted by molar-refractivity contribution is -0.134. The van der Waals surface area contributed by atoms with Crippen LogP contribution in [0.25, 0.3) is 11.3 Å². The Morgan fingerprint density at radius 1 is 1.03 bits per heavy atom. The first-order chi connectivity index (χ1) is 15.7. The normalized spacial score (nSPS) is 18.8. The fourth-order valence-corrected chi connectivity index (χ4v) is 4.70. The van der Waals surface area contributed by atoms with Crippen LogP contribution < -0.4 is 5.32 Å². The largest absolute Gasteiger partial charge is 0.342 e. The predicted molar refractivity (Wildman–Crippen MR) is 121 cm³/mol. The first kappa shape index (κ1) is 20.5. The number of hydrogen-bond acceptors (Lipinski definition) is 5. The second-order valence-electron chi connectivity index (χ2n) is 8.62. The molecule has 1 aliphatic carbocycles. The van der Waals surface area contributed by atoms with E-state index in [1.54, 1.807) is 24.5 Å². The first-order valence-electron chi connectivity index (χ1n) is 11.3. The van der Waals surface area contributed by atoms with Crippen LogP contribution in [0.1, 0.15) is 43.8 Å². The molecule has 0 bridgehead atoms. The third kappa shape index (κ3) is 4.47. The molecule has 1 aliphatic heterocycles. The summed E-state index contributed by atoms with van der Waals surface area (Å²) < 4.78 is 13.7. The predicted octanol–water partition coefficient (Wildman–Crippen LogP) is 4.93. The third-order valence-electron chi connectivity index (χ3n) is 6.39. The number of benzene rings is 1. The average molecular weight is 432 g/mol. The Kier molecular flexibility index (Phi) is 5.79. The van der Waals surface area contributed by atoms with Crippen LogP contribution in [0.15, 0.2) is 54.9 Å². The molecule has 1 aromatic carbocycles. The van der Waals surface area contributed by atoms with Gasteiger partial charge in [0.25, 0.3) is 0 Å². The van der Waals surface area contributed by atoms with Crippen molar-refractivity contribution in [1.82, 2.24) is 19.9 Å². The number of nitrogens with zero attached hydrogens (tertiary/aromatic N) is 4. The number of amides is 1. The molecule has 0 radical (unpaired) electrons. The third-order valence-corrected chi connectivity index (χ3v) is 6.39. The molecule has 1 atom stereocenters. The molecule has 1 saturated carbocycles. The molecule has 1 amide bonds. The van der Waals surface area contributed by atoms with E-state index in [1.165, 1.54) is 12.1 Å².